The third kappa shape index (κ3) is 4.03. The summed E-state index contributed by atoms with van der Waals surface area (Å²) in [5.41, 5.74) is 0.851. The van der Waals surface area contributed by atoms with Crippen LogP contribution in [0.5, 0.6) is 0 Å². The number of para-hydroxylation sites is 1. The maximum Gasteiger partial charge on any atom is 0.234 e. The van der Waals surface area contributed by atoms with Crippen molar-refractivity contribution in [1.82, 2.24) is 0 Å². The second-order valence-electron chi connectivity index (χ2n) is 4.25. The minimum absolute atomic E-state index is 0.0915. The van der Waals surface area contributed by atoms with E-state index in [-0.39, 0.29) is 5.91 Å². The van der Waals surface area contributed by atoms with Gasteiger partial charge in [-0.25, -0.2) is 0 Å². The van der Waals surface area contributed by atoms with E-state index in [4.69, 9.17) is 0 Å². The van der Waals surface area contributed by atoms with Crippen molar-refractivity contribution >= 4 is 39.3 Å². The fraction of sp³-hybridized carbons (Fsp3) is 0.462. The summed E-state index contributed by atoms with van der Waals surface area (Å²) in [4.78, 5) is 11.8. The zero-order valence-corrected chi connectivity index (χ0v) is 12.0. The molecule has 2 rings (SSSR count). The Balaban J connectivity index is 1.79. The molecule has 1 N–H and O–H groups in total. The Kier molecular flexibility index (Phi) is 4.92. The summed E-state index contributed by atoms with van der Waals surface area (Å²) in [6, 6.07) is 7.69. The minimum Gasteiger partial charge on any atom is -0.324 e. The summed E-state index contributed by atoms with van der Waals surface area (Å²) in [6.45, 7) is 0. The fourth-order valence-corrected chi connectivity index (χ4v) is 3.51. The molecule has 92 valence electrons. The summed E-state index contributed by atoms with van der Waals surface area (Å²) >= 11 is 5.21. The van der Waals surface area contributed by atoms with E-state index in [0.717, 1.165) is 10.2 Å². The van der Waals surface area contributed by atoms with Crippen LogP contribution in [0.15, 0.2) is 28.7 Å². The van der Waals surface area contributed by atoms with Gasteiger partial charge in [0.05, 0.1) is 11.4 Å². The molecule has 1 aliphatic carbocycles. The molecule has 17 heavy (non-hydrogen) atoms. The van der Waals surface area contributed by atoms with Crippen LogP contribution in [0, 0.1) is 0 Å². The van der Waals surface area contributed by atoms with Crippen molar-refractivity contribution < 1.29 is 4.79 Å². The smallest absolute Gasteiger partial charge is 0.234 e. The number of hydrogen-bond acceptors (Lipinski definition) is 2. The largest absolute Gasteiger partial charge is 0.324 e. The first kappa shape index (κ1) is 13.0. The Morgan fingerprint density at radius 2 is 2.06 bits per heavy atom. The summed E-state index contributed by atoms with van der Waals surface area (Å²) in [5, 5.41) is 3.62. The molecule has 1 fully saturated rings. The van der Waals surface area contributed by atoms with Crippen LogP contribution >= 0.6 is 27.7 Å². The zero-order chi connectivity index (χ0) is 12.1. The third-order valence-electron chi connectivity index (χ3n) is 2.90. The van der Waals surface area contributed by atoms with Crippen LogP contribution in [0.3, 0.4) is 0 Å². The first-order chi connectivity index (χ1) is 8.25. The molecule has 0 aromatic heterocycles. The predicted octanol–water partition coefficient (Wildman–Crippen LogP) is 4.06. The average molecular weight is 314 g/mol. The highest BCUT2D eigenvalue weighted by Gasteiger charge is 2.16. The van der Waals surface area contributed by atoms with Crippen LogP contribution in [0.4, 0.5) is 5.69 Å². The van der Waals surface area contributed by atoms with E-state index in [1.807, 2.05) is 24.3 Å². The van der Waals surface area contributed by atoms with Crippen molar-refractivity contribution in [1.29, 1.82) is 0 Å². The second-order valence-corrected chi connectivity index (χ2v) is 6.39. The molecule has 0 saturated heterocycles. The molecule has 0 atom stereocenters. The van der Waals surface area contributed by atoms with E-state index in [1.54, 1.807) is 11.8 Å². The van der Waals surface area contributed by atoms with E-state index in [1.165, 1.54) is 25.7 Å². The molecule has 0 unspecified atom stereocenters. The molecule has 0 aliphatic heterocycles. The molecule has 1 amide bonds. The van der Waals surface area contributed by atoms with Gasteiger partial charge < -0.3 is 5.32 Å². The Hall–Kier alpha value is -0.480. The predicted molar refractivity (Wildman–Crippen MR) is 77.5 cm³/mol. The minimum atomic E-state index is 0.0915. The first-order valence-electron chi connectivity index (χ1n) is 5.91. The lowest BCUT2D eigenvalue weighted by molar-refractivity contribution is -0.113. The highest BCUT2D eigenvalue weighted by molar-refractivity contribution is 9.10. The molecule has 0 heterocycles. The number of carbonyl (C=O) groups is 1. The number of benzene rings is 1. The molecule has 0 radical (unpaired) electrons. The number of nitrogens with one attached hydrogen (secondary N) is 1. The summed E-state index contributed by atoms with van der Waals surface area (Å²) in [5.74, 6) is 0.653. The maximum absolute atomic E-state index is 11.8. The quantitative estimate of drug-likeness (QED) is 0.908. The summed E-state index contributed by atoms with van der Waals surface area (Å²) in [6.07, 6.45) is 5.19. The maximum atomic E-state index is 11.8. The fourth-order valence-electron chi connectivity index (χ4n) is 2.00. The van der Waals surface area contributed by atoms with E-state index in [9.17, 15) is 4.79 Å². The van der Waals surface area contributed by atoms with Gasteiger partial charge in [-0.05, 0) is 40.9 Å². The monoisotopic (exact) mass is 313 g/mol. The molecule has 0 spiro atoms. The molecule has 0 bridgehead atoms. The number of halogens is 1. The Morgan fingerprint density at radius 1 is 1.35 bits per heavy atom. The van der Waals surface area contributed by atoms with Crippen LogP contribution in [0.2, 0.25) is 0 Å². The number of thioether (sulfide) groups is 1. The number of rotatable bonds is 4. The van der Waals surface area contributed by atoms with Crippen LogP contribution in [0.25, 0.3) is 0 Å². The molecular weight excluding hydrogens is 298 g/mol. The summed E-state index contributed by atoms with van der Waals surface area (Å²) < 4.78 is 0.930. The highest BCUT2D eigenvalue weighted by atomic mass is 79.9. The van der Waals surface area contributed by atoms with Gasteiger partial charge in [0, 0.05) is 9.72 Å². The van der Waals surface area contributed by atoms with Gasteiger partial charge in [-0.3, -0.25) is 4.79 Å². The van der Waals surface area contributed by atoms with Gasteiger partial charge in [0.25, 0.3) is 0 Å². The van der Waals surface area contributed by atoms with Crippen molar-refractivity contribution in [2.75, 3.05) is 11.1 Å². The summed E-state index contributed by atoms with van der Waals surface area (Å²) in [7, 11) is 0. The lowest BCUT2D eigenvalue weighted by Gasteiger charge is -2.10. The standard InChI is InChI=1S/C13H16BrNOS/c14-11-7-3-4-8-12(11)15-13(16)9-17-10-5-1-2-6-10/h3-4,7-8,10H,1-2,5-6,9H2,(H,15,16). The average Bonchev–Trinajstić information content (AvgIpc) is 2.82. The van der Waals surface area contributed by atoms with Gasteiger partial charge in [0.15, 0.2) is 0 Å². The van der Waals surface area contributed by atoms with Crippen molar-refractivity contribution in [2.24, 2.45) is 0 Å². The van der Waals surface area contributed by atoms with Crippen LogP contribution in [-0.2, 0) is 4.79 Å². The number of anilines is 1. The van der Waals surface area contributed by atoms with E-state index in [0.29, 0.717) is 11.0 Å². The van der Waals surface area contributed by atoms with Crippen LogP contribution < -0.4 is 5.32 Å². The van der Waals surface area contributed by atoms with E-state index < -0.39 is 0 Å². The topological polar surface area (TPSA) is 29.1 Å². The molecular formula is C13H16BrNOS. The van der Waals surface area contributed by atoms with Gasteiger partial charge in [0.2, 0.25) is 5.91 Å². The molecule has 1 saturated carbocycles. The SMILES string of the molecule is O=C(CSC1CCCC1)Nc1ccccc1Br. The van der Waals surface area contributed by atoms with E-state index >= 15 is 0 Å². The number of carbonyl (C=O) groups excluding carboxylic acids is 1. The Labute approximate surface area is 115 Å². The second kappa shape index (κ2) is 6.45. The first-order valence-corrected chi connectivity index (χ1v) is 7.76. The van der Waals surface area contributed by atoms with E-state index in [2.05, 4.69) is 21.2 Å². The van der Waals surface area contributed by atoms with Gasteiger partial charge in [-0.1, -0.05) is 25.0 Å². The number of hydrogen-bond donors (Lipinski definition) is 1. The molecule has 2 nitrogen and oxygen atoms in total. The molecule has 1 aromatic carbocycles. The van der Waals surface area contributed by atoms with Crippen LogP contribution in [-0.4, -0.2) is 16.9 Å². The normalized spacial score (nSPS) is 16.1. The molecule has 4 heteroatoms. The third-order valence-corrected chi connectivity index (χ3v) is 4.96. The highest BCUT2D eigenvalue weighted by Crippen LogP contribution is 2.29. The molecule has 1 aromatic rings. The Morgan fingerprint density at radius 3 is 2.76 bits per heavy atom. The van der Waals surface area contributed by atoms with Gasteiger partial charge in [0.1, 0.15) is 0 Å². The van der Waals surface area contributed by atoms with Gasteiger partial charge >= 0.3 is 0 Å². The number of amides is 1. The molecule has 1 aliphatic rings. The van der Waals surface area contributed by atoms with Crippen molar-refractivity contribution in [2.45, 2.75) is 30.9 Å². The zero-order valence-electron chi connectivity index (χ0n) is 9.62. The van der Waals surface area contributed by atoms with Gasteiger partial charge in [-0.15, -0.1) is 11.8 Å². The lowest BCUT2D eigenvalue weighted by Crippen LogP contribution is -2.16. The van der Waals surface area contributed by atoms with Crippen LogP contribution in [0.1, 0.15) is 25.7 Å². The lowest BCUT2D eigenvalue weighted by atomic mass is 10.3. The van der Waals surface area contributed by atoms with Crippen molar-refractivity contribution in [3.05, 3.63) is 28.7 Å². The Bertz CT molecular complexity index is 391. The van der Waals surface area contributed by atoms with Gasteiger partial charge in [-0.2, -0.15) is 0 Å². The van der Waals surface area contributed by atoms with Crippen molar-refractivity contribution in [3.8, 4) is 0 Å². The van der Waals surface area contributed by atoms with Crippen molar-refractivity contribution in [3.63, 3.8) is 0 Å².